The van der Waals surface area contributed by atoms with E-state index in [9.17, 15) is 0 Å². The normalized spacial score (nSPS) is 44.4. The molecular weight excluding hydrogens is 168 g/mol. The Hall–Kier alpha value is -0.260. The minimum Gasteiger partial charge on any atom is -0.0698 e. The lowest BCUT2D eigenvalue weighted by Crippen LogP contribution is -2.30. The monoisotopic (exact) mass is 190 g/mol. The van der Waals surface area contributed by atoms with Crippen LogP contribution in [0.25, 0.3) is 0 Å². The lowest BCUT2D eigenvalue weighted by molar-refractivity contribution is 0.175. The predicted octanol–water partition coefficient (Wildman–Crippen LogP) is 4.17. The van der Waals surface area contributed by atoms with Crippen molar-refractivity contribution in [3.05, 3.63) is 11.1 Å². The molecule has 0 saturated heterocycles. The van der Waals surface area contributed by atoms with Gasteiger partial charge in [0, 0.05) is 0 Å². The molecule has 0 aromatic carbocycles. The van der Waals surface area contributed by atoms with Gasteiger partial charge in [-0.1, -0.05) is 31.9 Å². The molecule has 0 bridgehead atoms. The summed E-state index contributed by atoms with van der Waals surface area (Å²) < 4.78 is 0. The average molecular weight is 190 g/mol. The molecular formula is C14H22. The first kappa shape index (κ1) is 9.00. The van der Waals surface area contributed by atoms with Crippen LogP contribution >= 0.6 is 0 Å². The minimum atomic E-state index is 0.601. The Kier molecular flexibility index (Phi) is 1.70. The third kappa shape index (κ3) is 1.00. The zero-order chi connectivity index (χ0) is 9.92. The van der Waals surface area contributed by atoms with E-state index in [1.807, 2.05) is 11.1 Å². The first-order valence-corrected chi connectivity index (χ1v) is 6.31. The van der Waals surface area contributed by atoms with Gasteiger partial charge in [-0.25, -0.2) is 0 Å². The molecule has 0 aliphatic heterocycles. The fourth-order valence-corrected chi connectivity index (χ4v) is 4.45. The molecule has 3 aliphatic carbocycles. The summed E-state index contributed by atoms with van der Waals surface area (Å²) in [5, 5.41) is 0. The molecule has 78 valence electrons. The minimum absolute atomic E-state index is 0.601. The Morgan fingerprint density at radius 1 is 1.14 bits per heavy atom. The summed E-state index contributed by atoms with van der Waals surface area (Å²) in [6.07, 6.45) is 7.29. The highest BCUT2D eigenvalue weighted by Crippen LogP contribution is 2.60. The first-order chi connectivity index (χ1) is 6.59. The molecule has 0 unspecified atom stereocenters. The van der Waals surface area contributed by atoms with E-state index < -0.39 is 0 Å². The summed E-state index contributed by atoms with van der Waals surface area (Å²) in [7, 11) is 0. The molecule has 0 aromatic heterocycles. The molecule has 0 aromatic rings. The van der Waals surface area contributed by atoms with Gasteiger partial charge in [-0.15, -0.1) is 0 Å². The van der Waals surface area contributed by atoms with E-state index in [2.05, 4.69) is 20.8 Å². The van der Waals surface area contributed by atoms with Gasteiger partial charge in [-0.3, -0.25) is 0 Å². The number of hydrogen-bond donors (Lipinski definition) is 0. The van der Waals surface area contributed by atoms with Crippen molar-refractivity contribution in [3.63, 3.8) is 0 Å². The smallest absolute Gasteiger partial charge is 0.0143 e. The molecule has 0 amide bonds. The number of rotatable bonds is 0. The first-order valence-electron chi connectivity index (χ1n) is 6.31. The van der Waals surface area contributed by atoms with Gasteiger partial charge in [0.2, 0.25) is 0 Å². The molecule has 3 rings (SSSR count). The second-order valence-electron chi connectivity index (χ2n) is 6.48. The maximum Gasteiger partial charge on any atom is -0.0143 e. The van der Waals surface area contributed by atoms with Crippen molar-refractivity contribution >= 4 is 0 Å². The Morgan fingerprint density at radius 3 is 2.71 bits per heavy atom. The van der Waals surface area contributed by atoms with Crippen LogP contribution < -0.4 is 0 Å². The highest BCUT2D eigenvalue weighted by Gasteiger charge is 2.48. The molecule has 0 spiro atoms. The van der Waals surface area contributed by atoms with Gasteiger partial charge in [0.25, 0.3) is 0 Å². The van der Waals surface area contributed by atoms with Gasteiger partial charge in [0.05, 0.1) is 0 Å². The van der Waals surface area contributed by atoms with Crippen LogP contribution in [0, 0.1) is 23.2 Å². The lowest BCUT2D eigenvalue weighted by Gasteiger charge is -2.39. The van der Waals surface area contributed by atoms with E-state index in [1.165, 1.54) is 32.1 Å². The molecule has 3 atom stereocenters. The standard InChI is InChI=1S/C14H22/c1-9-4-7-12-13-10(5-6-11(9)13)8-14(12,2)3/h9,11-12H,4-8H2,1-3H3/t9-,11+,12-/m1/s1. The zero-order valence-corrected chi connectivity index (χ0v) is 9.77. The zero-order valence-electron chi connectivity index (χ0n) is 9.77. The van der Waals surface area contributed by atoms with Crippen molar-refractivity contribution in [2.24, 2.45) is 23.2 Å². The largest absolute Gasteiger partial charge is 0.0698 e. The van der Waals surface area contributed by atoms with E-state index in [-0.39, 0.29) is 0 Å². The van der Waals surface area contributed by atoms with Crippen LogP contribution in [0.5, 0.6) is 0 Å². The van der Waals surface area contributed by atoms with Crippen LogP contribution in [-0.4, -0.2) is 0 Å². The van der Waals surface area contributed by atoms with Gasteiger partial charge in [-0.05, 0) is 55.3 Å². The van der Waals surface area contributed by atoms with Crippen LogP contribution in [0.2, 0.25) is 0 Å². The summed E-state index contributed by atoms with van der Waals surface area (Å²) in [6.45, 7) is 7.45. The molecule has 0 N–H and O–H groups in total. The van der Waals surface area contributed by atoms with Gasteiger partial charge < -0.3 is 0 Å². The fourth-order valence-electron chi connectivity index (χ4n) is 4.45. The van der Waals surface area contributed by atoms with Crippen LogP contribution in [0.3, 0.4) is 0 Å². The van der Waals surface area contributed by atoms with E-state index in [4.69, 9.17) is 0 Å². The third-order valence-electron chi connectivity index (χ3n) is 5.15. The van der Waals surface area contributed by atoms with Gasteiger partial charge in [0.15, 0.2) is 0 Å². The molecule has 1 saturated carbocycles. The second-order valence-corrected chi connectivity index (χ2v) is 6.48. The topological polar surface area (TPSA) is 0 Å². The van der Waals surface area contributed by atoms with Crippen molar-refractivity contribution in [2.75, 3.05) is 0 Å². The lowest BCUT2D eigenvalue weighted by atomic mass is 9.65. The highest BCUT2D eigenvalue weighted by molar-refractivity contribution is 5.35. The SMILES string of the molecule is C[C@@H]1CC[C@@H]2C3=C(CC[C@H]31)CC2(C)C. The highest BCUT2D eigenvalue weighted by atomic mass is 14.5. The summed E-state index contributed by atoms with van der Waals surface area (Å²) in [5.74, 6) is 2.93. The van der Waals surface area contributed by atoms with Crippen molar-refractivity contribution < 1.29 is 0 Å². The van der Waals surface area contributed by atoms with Crippen LogP contribution in [0.1, 0.15) is 52.9 Å². The summed E-state index contributed by atoms with van der Waals surface area (Å²) in [6, 6.07) is 0. The Labute approximate surface area is 87.8 Å². The van der Waals surface area contributed by atoms with E-state index >= 15 is 0 Å². The van der Waals surface area contributed by atoms with Gasteiger partial charge in [-0.2, -0.15) is 0 Å². The van der Waals surface area contributed by atoms with E-state index in [1.54, 1.807) is 0 Å². The van der Waals surface area contributed by atoms with Crippen LogP contribution in [-0.2, 0) is 0 Å². The fraction of sp³-hybridized carbons (Fsp3) is 0.857. The average Bonchev–Trinajstić information content (AvgIpc) is 2.58. The van der Waals surface area contributed by atoms with Gasteiger partial charge in [0.1, 0.15) is 0 Å². The van der Waals surface area contributed by atoms with E-state index in [0.29, 0.717) is 5.41 Å². The predicted molar refractivity (Wildman–Crippen MR) is 60.0 cm³/mol. The molecule has 0 nitrogen and oxygen atoms in total. The molecule has 1 fully saturated rings. The molecule has 3 aliphatic rings. The van der Waals surface area contributed by atoms with Gasteiger partial charge >= 0.3 is 0 Å². The van der Waals surface area contributed by atoms with E-state index in [0.717, 1.165) is 17.8 Å². The molecule has 0 heterocycles. The van der Waals surface area contributed by atoms with Crippen molar-refractivity contribution in [1.82, 2.24) is 0 Å². The van der Waals surface area contributed by atoms with Crippen LogP contribution in [0.4, 0.5) is 0 Å². The number of hydrogen-bond acceptors (Lipinski definition) is 0. The summed E-state index contributed by atoms with van der Waals surface area (Å²) >= 11 is 0. The Morgan fingerprint density at radius 2 is 1.93 bits per heavy atom. The molecule has 0 heteroatoms. The Bertz CT molecular complexity index is 295. The second kappa shape index (κ2) is 2.65. The maximum absolute atomic E-state index is 2.49. The molecule has 0 radical (unpaired) electrons. The maximum atomic E-state index is 2.49. The van der Waals surface area contributed by atoms with Crippen LogP contribution in [0.15, 0.2) is 11.1 Å². The number of allylic oxidation sites excluding steroid dienone is 2. The summed E-state index contributed by atoms with van der Waals surface area (Å²) in [4.78, 5) is 0. The summed E-state index contributed by atoms with van der Waals surface area (Å²) in [5.41, 5.74) is 4.41. The Balaban J connectivity index is 2.00. The quantitative estimate of drug-likeness (QED) is 0.503. The van der Waals surface area contributed by atoms with Crippen molar-refractivity contribution in [2.45, 2.75) is 52.9 Å². The van der Waals surface area contributed by atoms with Crippen molar-refractivity contribution in [3.8, 4) is 0 Å². The molecule has 14 heavy (non-hydrogen) atoms. The van der Waals surface area contributed by atoms with Crippen molar-refractivity contribution in [1.29, 1.82) is 0 Å². The third-order valence-corrected chi connectivity index (χ3v) is 5.15.